The number of rotatable bonds is 7. The molecule has 5 nitrogen and oxygen atoms in total. The van der Waals surface area contributed by atoms with Gasteiger partial charge in [-0.05, 0) is 24.3 Å². The normalized spacial score (nSPS) is 10.0. The molecule has 0 bridgehead atoms. The van der Waals surface area contributed by atoms with E-state index in [2.05, 4.69) is 5.32 Å². The Hall–Kier alpha value is -2.76. The molecule has 0 aliphatic rings. The lowest BCUT2D eigenvalue weighted by molar-refractivity contribution is -0.116. The molecule has 23 heavy (non-hydrogen) atoms. The average molecular weight is 319 g/mol. The standard InChI is InChI=1S/C17H18FNO4/c1-21-12-7-8-16(22-2)14(11-12)19-17(20)9-10-23-15-6-4-3-5-13(15)18/h3-8,11H,9-10H2,1-2H3,(H,19,20). The Morgan fingerprint density at radius 3 is 2.57 bits per heavy atom. The maximum Gasteiger partial charge on any atom is 0.227 e. The van der Waals surface area contributed by atoms with Crippen molar-refractivity contribution in [3.8, 4) is 17.2 Å². The van der Waals surface area contributed by atoms with E-state index in [1.807, 2.05) is 0 Å². The zero-order valence-electron chi connectivity index (χ0n) is 13.0. The highest BCUT2D eigenvalue weighted by atomic mass is 19.1. The lowest BCUT2D eigenvalue weighted by atomic mass is 10.2. The van der Waals surface area contributed by atoms with Crippen molar-refractivity contribution >= 4 is 11.6 Å². The van der Waals surface area contributed by atoms with Gasteiger partial charge in [-0.15, -0.1) is 0 Å². The summed E-state index contributed by atoms with van der Waals surface area (Å²) in [5.74, 6) is 0.521. The summed E-state index contributed by atoms with van der Waals surface area (Å²) >= 11 is 0. The first-order valence-corrected chi connectivity index (χ1v) is 7.03. The van der Waals surface area contributed by atoms with E-state index in [-0.39, 0.29) is 24.7 Å². The fourth-order valence-electron chi connectivity index (χ4n) is 1.94. The first-order chi connectivity index (χ1) is 11.1. The van der Waals surface area contributed by atoms with Crippen LogP contribution in [0.3, 0.4) is 0 Å². The van der Waals surface area contributed by atoms with Gasteiger partial charge in [0.2, 0.25) is 5.91 Å². The van der Waals surface area contributed by atoms with Gasteiger partial charge in [0.25, 0.3) is 0 Å². The van der Waals surface area contributed by atoms with Gasteiger partial charge in [-0.1, -0.05) is 12.1 Å². The van der Waals surface area contributed by atoms with Crippen LogP contribution in [0.1, 0.15) is 6.42 Å². The van der Waals surface area contributed by atoms with E-state index in [0.29, 0.717) is 17.2 Å². The number of para-hydroxylation sites is 1. The van der Waals surface area contributed by atoms with E-state index in [9.17, 15) is 9.18 Å². The molecule has 0 saturated heterocycles. The summed E-state index contributed by atoms with van der Waals surface area (Å²) < 4.78 is 28.9. The fourth-order valence-corrected chi connectivity index (χ4v) is 1.94. The highest BCUT2D eigenvalue weighted by Gasteiger charge is 2.10. The van der Waals surface area contributed by atoms with E-state index in [1.165, 1.54) is 26.4 Å². The molecule has 0 saturated carbocycles. The summed E-state index contributed by atoms with van der Waals surface area (Å²) in [6.45, 7) is 0.0685. The quantitative estimate of drug-likeness (QED) is 0.851. The average Bonchev–Trinajstić information content (AvgIpc) is 2.56. The molecule has 0 aliphatic carbocycles. The fraction of sp³-hybridized carbons (Fsp3) is 0.235. The van der Waals surface area contributed by atoms with E-state index in [0.717, 1.165) is 0 Å². The molecule has 0 fully saturated rings. The second kappa shape index (κ2) is 8.03. The molecule has 0 aliphatic heterocycles. The molecule has 0 radical (unpaired) electrons. The summed E-state index contributed by atoms with van der Waals surface area (Å²) in [4.78, 5) is 12.0. The van der Waals surface area contributed by atoms with Crippen molar-refractivity contribution in [1.82, 2.24) is 0 Å². The third kappa shape index (κ3) is 4.60. The number of ether oxygens (including phenoxy) is 3. The molecule has 2 aromatic carbocycles. The van der Waals surface area contributed by atoms with Gasteiger partial charge in [0.15, 0.2) is 11.6 Å². The van der Waals surface area contributed by atoms with Crippen LogP contribution in [0.15, 0.2) is 42.5 Å². The van der Waals surface area contributed by atoms with Gasteiger partial charge < -0.3 is 19.5 Å². The summed E-state index contributed by atoms with van der Waals surface area (Å²) in [7, 11) is 3.05. The van der Waals surface area contributed by atoms with E-state index < -0.39 is 5.82 Å². The van der Waals surface area contributed by atoms with Gasteiger partial charge in [-0.25, -0.2) is 4.39 Å². The molecule has 2 aromatic rings. The maximum atomic E-state index is 13.4. The first kappa shape index (κ1) is 16.6. The third-order valence-corrected chi connectivity index (χ3v) is 3.10. The zero-order valence-corrected chi connectivity index (χ0v) is 13.0. The summed E-state index contributed by atoms with van der Waals surface area (Å²) in [5.41, 5.74) is 0.503. The van der Waals surface area contributed by atoms with Crippen LogP contribution in [0.25, 0.3) is 0 Å². The van der Waals surface area contributed by atoms with Crippen molar-refractivity contribution in [2.24, 2.45) is 0 Å². The number of carbonyl (C=O) groups is 1. The molecular weight excluding hydrogens is 301 g/mol. The molecule has 6 heteroatoms. The Balaban J connectivity index is 1.91. The summed E-state index contributed by atoms with van der Waals surface area (Å²) in [6.07, 6.45) is 0.0781. The van der Waals surface area contributed by atoms with Gasteiger partial charge in [0.1, 0.15) is 11.5 Å². The smallest absolute Gasteiger partial charge is 0.227 e. The second-order valence-electron chi connectivity index (χ2n) is 4.64. The Labute approximate surface area is 134 Å². The van der Waals surface area contributed by atoms with Crippen molar-refractivity contribution < 1.29 is 23.4 Å². The van der Waals surface area contributed by atoms with Crippen LogP contribution >= 0.6 is 0 Å². The van der Waals surface area contributed by atoms with Crippen LogP contribution in [0, 0.1) is 5.82 Å². The van der Waals surface area contributed by atoms with E-state index >= 15 is 0 Å². The number of halogens is 1. The predicted molar refractivity (Wildman–Crippen MR) is 84.7 cm³/mol. The number of amides is 1. The third-order valence-electron chi connectivity index (χ3n) is 3.10. The van der Waals surface area contributed by atoms with Crippen LogP contribution in [-0.2, 0) is 4.79 Å². The molecule has 0 spiro atoms. The molecule has 1 N–H and O–H groups in total. The largest absolute Gasteiger partial charge is 0.497 e. The van der Waals surface area contributed by atoms with Crippen LogP contribution in [0.4, 0.5) is 10.1 Å². The van der Waals surface area contributed by atoms with E-state index in [4.69, 9.17) is 14.2 Å². The highest BCUT2D eigenvalue weighted by Crippen LogP contribution is 2.28. The monoisotopic (exact) mass is 319 g/mol. The SMILES string of the molecule is COc1ccc(OC)c(NC(=O)CCOc2ccccc2F)c1. The lowest BCUT2D eigenvalue weighted by Gasteiger charge is -2.12. The minimum absolute atomic E-state index is 0.0685. The number of anilines is 1. The number of methoxy groups -OCH3 is 2. The molecule has 0 aromatic heterocycles. The van der Waals surface area contributed by atoms with E-state index in [1.54, 1.807) is 30.3 Å². The second-order valence-corrected chi connectivity index (χ2v) is 4.64. The van der Waals surface area contributed by atoms with Crippen molar-refractivity contribution in [3.63, 3.8) is 0 Å². The lowest BCUT2D eigenvalue weighted by Crippen LogP contribution is -2.16. The van der Waals surface area contributed by atoms with Crippen LogP contribution in [-0.4, -0.2) is 26.7 Å². The van der Waals surface area contributed by atoms with Crippen molar-refractivity contribution in [2.75, 3.05) is 26.1 Å². The molecule has 0 unspecified atom stereocenters. The zero-order chi connectivity index (χ0) is 16.7. The summed E-state index contributed by atoms with van der Waals surface area (Å²) in [6, 6.07) is 11.1. The number of hydrogen-bond donors (Lipinski definition) is 1. The van der Waals surface area contributed by atoms with Crippen LogP contribution in [0.2, 0.25) is 0 Å². The van der Waals surface area contributed by atoms with Gasteiger partial charge in [0.05, 0.1) is 32.9 Å². The number of hydrogen-bond acceptors (Lipinski definition) is 4. The molecule has 0 heterocycles. The van der Waals surface area contributed by atoms with Crippen LogP contribution < -0.4 is 19.5 Å². The first-order valence-electron chi connectivity index (χ1n) is 7.03. The van der Waals surface area contributed by atoms with Crippen molar-refractivity contribution in [1.29, 1.82) is 0 Å². The minimum atomic E-state index is -0.456. The summed E-state index contributed by atoms with van der Waals surface area (Å²) in [5, 5.41) is 2.72. The van der Waals surface area contributed by atoms with Crippen molar-refractivity contribution in [3.05, 3.63) is 48.3 Å². The Morgan fingerprint density at radius 2 is 1.87 bits per heavy atom. The van der Waals surface area contributed by atoms with Crippen LogP contribution in [0.5, 0.6) is 17.2 Å². The Morgan fingerprint density at radius 1 is 1.09 bits per heavy atom. The van der Waals surface area contributed by atoms with Gasteiger partial charge in [0, 0.05) is 6.07 Å². The Bertz CT molecular complexity index is 675. The van der Waals surface area contributed by atoms with Gasteiger partial charge >= 0.3 is 0 Å². The van der Waals surface area contributed by atoms with Gasteiger partial charge in [-0.3, -0.25) is 4.79 Å². The topological polar surface area (TPSA) is 56.8 Å². The molecule has 2 rings (SSSR count). The van der Waals surface area contributed by atoms with Gasteiger partial charge in [-0.2, -0.15) is 0 Å². The maximum absolute atomic E-state index is 13.4. The molecule has 1 amide bonds. The Kier molecular flexibility index (Phi) is 5.80. The van der Waals surface area contributed by atoms with Crippen molar-refractivity contribution in [2.45, 2.75) is 6.42 Å². The molecular formula is C17H18FNO4. The molecule has 0 atom stereocenters. The minimum Gasteiger partial charge on any atom is -0.497 e. The number of nitrogens with one attached hydrogen (secondary N) is 1. The molecule has 122 valence electrons. The number of carbonyl (C=O) groups excluding carboxylic acids is 1. The number of benzene rings is 2. The predicted octanol–water partition coefficient (Wildman–Crippen LogP) is 3.25. The highest BCUT2D eigenvalue weighted by molar-refractivity contribution is 5.92.